The van der Waals surface area contributed by atoms with Crippen LogP contribution in [0.15, 0.2) is 16.6 Å². The number of aryl methyl sites for hydroxylation is 1. The van der Waals surface area contributed by atoms with Gasteiger partial charge in [-0.2, -0.15) is 0 Å². The maximum Gasteiger partial charge on any atom is 0.256 e. The molecule has 0 atom stereocenters. The molecule has 6 heteroatoms. The van der Waals surface area contributed by atoms with Gasteiger partial charge in [0.2, 0.25) is 0 Å². The van der Waals surface area contributed by atoms with Crippen molar-refractivity contribution in [1.29, 1.82) is 0 Å². The van der Waals surface area contributed by atoms with E-state index in [0.29, 0.717) is 22.0 Å². The van der Waals surface area contributed by atoms with Crippen LogP contribution in [0.1, 0.15) is 35.4 Å². The van der Waals surface area contributed by atoms with E-state index in [9.17, 15) is 9.90 Å². The van der Waals surface area contributed by atoms with Gasteiger partial charge in [-0.15, -0.1) is 0 Å². The highest BCUT2D eigenvalue weighted by atomic mass is 79.9. The average molecular weight is 394 g/mol. The van der Waals surface area contributed by atoms with Crippen LogP contribution in [0.2, 0.25) is 5.02 Å². The fourth-order valence-electron chi connectivity index (χ4n) is 3.30. The van der Waals surface area contributed by atoms with Crippen LogP contribution in [0.25, 0.3) is 11.6 Å². The lowest BCUT2D eigenvalue weighted by Crippen LogP contribution is -2.03. The molecule has 2 heterocycles. The molecule has 3 N–H and O–H groups in total. The number of halogens is 2. The van der Waals surface area contributed by atoms with E-state index in [1.807, 2.05) is 0 Å². The number of benzene rings is 1. The van der Waals surface area contributed by atoms with E-state index >= 15 is 0 Å². The third-order valence-corrected chi connectivity index (χ3v) is 5.25. The molecule has 0 radical (unpaired) electrons. The monoisotopic (exact) mass is 392 g/mol. The van der Waals surface area contributed by atoms with Gasteiger partial charge in [0, 0.05) is 26.3 Å². The van der Waals surface area contributed by atoms with Crippen molar-refractivity contribution in [2.75, 3.05) is 5.32 Å². The third kappa shape index (κ3) is 2.39. The van der Waals surface area contributed by atoms with Crippen molar-refractivity contribution in [2.24, 2.45) is 0 Å². The molecule has 23 heavy (non-hydrogen) atoms. The first-order valence-corrected chi connectivity index (χ1v) is 8.67. The summed E-state index contributed by atoms with van der Waals surface area (Å²) in [4.78, 5) is 15.6. The molecule has 118 valence electrons. The number of hydrogen-bond donors (Lipinski definition) is 3. The van der Waals surface area contributed by atoms with E-state index < -0.39 is 0 Å². The Morgan fingerprint density at radius 3 is 2.83 bits per heavy atom. The summed E-state index contributed by atoms with van der Waals surface area (Å²) < 4.78 is 0.742. The fourth-order valence-corrected chi connectivity index (χ4v) is 4.21. The second kappa shape index (κ2) is 5.42. The van der Waals surface area contributed by atoms with Crippen LogP contribution in [0.5, 0.6) is 5.75 Å². The zero-order chi connectivity index (χ0) is 16.1. The number of hydrogen-bond acceptors (Lipinski definition) is 2. The van der Waals surface area contributed by atoms with Crippen LogP contribution < -0.4 is 5.32 Å². The summed E-state index contributed by atoms with van der Waals surface area (Å²) in [5.74, 6) is 0.0597. The highest BCUT2D eigenvalue weighted by molar-refractivity contribution is 9.10. The first-order chi connectivity index (χ1) is 11.0. The van der Waals surface area contributed by atoms with Gasteiger partial charge in [-0.1, -0.05) is 11.6 Å². The van der Waals surface area contributed by atoms with Gasteiger partial charge in [0.25, 0.3) is 5.91 Å². The molecule has 0 unspecified atom stereocenters. The number of nitrogens with one attached hydrogen (secondary N) is 2. The number of aromatic hydroxyl groups is 1. The molecule has 4 nitrogen and oxygen atoms in total. The molecule has 0 bridgehead atoms. The van der Waals surface area contributed by atoms with Gasteiger partial charge in [0.05, 0.1) is 17.0 Å². The summed E-state index contributed by atoms with van der Waals surface area (Å²) in [6, 6.07) is 3.50. The summed E-state index contributed by atoms with van der Waals surface area (Å²) in [6.07, 6.45) is 5.72. The van der Waals surface area contributed by atoms with Gasteiger partial charge in [-0.3, -0.25) is 4.79 Å². The Morgan fingerprint density at radius 1 is 1.26 bits per heavy atom. The molecule has 1 aliphatic carbocycles. The van der Waals surface area contributed by atoms with E-state index in [-0.39, 0.29) is 11.7 Å². The van der Waals surface area contributed by atoms with Crippen LogP contribution in [0.4, 0.5) is 5.69 Å². The smallest absolute Gasteiger partial charge is 0.256 e. The van der Waals surface area contributed by atoms with Crippen LogP contribution >= 0.6 is 27.5 Å². The summed E-state index contributed by atoms with van der Waals surface area (Å²) >= 11 is 9.52. The van der Waals surface area contributed by atoms with E-state index in [4.69, 9.17) is 11.6 Å². The van der Waals surface area contributed by atoms with E-state index in [1.165, 1.54) is 0 Å². The SMILES string of the molecule is O=C1Nc2c(Br)cc(Cl)cc2C1=Cc1[nH]c2c(c1O)CCCC2. The van der Waals surface area contributed by atoms with Crippen molar-refractivity contribution >= 4 is 50.8 Å². The number of anilines is 1. The van der Waals surface area contributed by atoms with Gasteiger partial charge in [-0.25, -0.2) is 0 Å². The van der Waals surface area contributed by atoms with Gasteiger partial charge in [0.15, 0.2) is 0 Å². The molecule has 2 aromatic rings. The number of carbonyl (C=O) groups is 1. The van der Waals surface area contributed by atoms with Gasteiger partial charge < -0.3 is 15.4 Å². The molecular weight excluding hydrogens is 380 g/mol. The van der Waals surface area contributed by atoms with Crippen molar-refractivity contribution in [2.45, 2.75) is 25.7 Å². The molecular formula is C17H14BrClN2O2. The van der Waals surface area contributed by atoms with Gasteiger partial charge in [-0.05, 0) is 59.8 Å². The molecule has 0 saturated carbocycles. The molecule has 0 fully saturated rings. The maximum absolute atomic E-state index is 12.3. The average Bonchev–Trinajstić information content (AvgIpc) is 3.00. The Morgan fingerprint density at radius 2 is 2.04 bits per heavy atom. The molecule has 2 aliphatic rings. The lowest BCUT2D eigenvalue weighted by Gasteiger charge is -2.09. The second-order valence-corrected chi connectivity index (χ2v) is 7.16. The van der Waals surface area contributed by atoms with Crippen LogP contribution in [-0.2, 0) is 17.6 Å². The van der Waals surface area contributed by atoms with Crippen LogP contribution in [-0.4, -0.2) is 16.0 Å². The Hall–Kier alpha value is -1.72. The van der Waals surface area contributed by atoms with Crippen LogP contribution in [0, 0.1) is 0 Å². The fraction of sp³-hybridized carbons (Fsp3) is 0.235. The first kappa shape index (κ1) is 14.8. The highest BCUT2D eigenvalue weighted by Crippen LogP contribution is 2.41. The topological polar surface area (TPSA) is 65.1 Å². The predicted molar refractivity (Wildman–Crippen MR) is 94.8 cm³/mol. The zero-order valence-electron chi connectivity index (χ0n) is 12.2. The van der Waals surface area contributed by atoms with Crippen molar-refractivity contribution < 1.29 is 9.90 Å². The minimum atomic E-state index is -0.199. The normalized spacial score (nSPS) is 18.0. The number of aromatic nitrogens is 1. The Kier molecular flexibility index (Phi) is 3.50. The Balaban J connectivity index is 1.85. The molecule has 1 aliphatic heterocycles. The highest BCUT2D eigenvalue weighted by Gasteiger charge is 2.28. The number of H-pyrrole nitrogens is 1. The first-order valence-electron chi connectivity index (χ1n) is 7.49. The van der Waals surface area contributed by atoms with E-state index in [1.54, 1.807) is 18.2 Å². The predicted octanol–water partition coefficient (Wildman–Crippen LogP) is 4.51. The van der Waals surface area contributed by atoms with Crippen molar-refractivity contribution in [3.8, 4) is 5.75 Å². The second-order valence-electron chi connectivity index (χ2n) is 5.87. The summed E-state index contributed by atoms with van der Waals surface area (Å²) in [5, 5.41) is 13.8. The molecule has 0 saturated heterocycles. The zero-order valence-corrected chi connectivity index (χ0v) is 14.5. The molecule has 1 amide bonds. The molecule has 4 rings (SSSR count). The maximum atomic E-state index is 12.3. The lowest BCUT2D eigenvalue weighted by molar-refractivity contribution is -0.110. The summed E-state index contributed by atoms with van der Waals surface area (Å²) in [6.45, 7) is 0. The molecule has 1 aromatic heterocycles. The molecule has 1 aromatic carbocycles. The number of rotatable bonds is 1. The number of fused-ring (bicyclic) bond motifs is 2. The Bertz CT molecular complexity index is 870. The largest absolute Gasteiger partial charge is 0.505 e. The number of aromatic amines is 1. The number of amides is 1. The number of carbonyl (C=O) groups excluding carboxylic acids is 1. The summed E-state index contributed by atoms with van der Waals surface area (Å²) in [7, 11) is 0. The van der Waals surface area contributed by atoms with Crippen LogP contribution in [0.3, 0.4) is 0 Å². The minimum absolute atomic E-state index is 0.199. The minimum Gasteiger partial charge on any atom is -0.505 e. The lowest BCUT2D eigenvalue weighted by atomic mass is 9.97. The van der Waals surface area contributed by atoms with Crippen molar-refractivity contribution in [3.05, 3.63) is 44.1 Å². The molecule has 0 spiro atoms. The quantitative estimate of drug-likeness (QED) is 0.624. The third-order valence-electron chi connectivity index (χ3n) is 4.41. The standard InChI is InChI=1S/C17H14BrClN2O2/c18-12-6-8(19)5-10-11(17(23)21-15(10)12)7-14-16(22)9-3-1-2-4-13(9)20-14/h5-7,20,22H,1-4H2,(H,21,23). The Labute approximate surface area is 146 Å². The van der Waals surface area contributed by atoms with E-state index in [2.05, 4.69) is 26.2 Å². The van der Waals surface area contributed by atoms with E-state index in [0.717, 1.165) is 47.0 Å². The summed E-state index contributed by atoms with van der Waals surface area (Å²) in [5.41, 5.74) is 4.59. The van der Waals surface area contributed by atoms with Gasteiger partial charge >= 0.3 is 0 Å². The van der Waals surface area contributed by atoms with Gasteiger partial charge in [0.1, 0.15) is 5.75 Å². The van der Waals surface area contributed by atoms with Crippen molar-refractivity contribution in [1.82, 2.24) is 4.98 Å². The van der Waals surface area contributed by atoms with Crippen molar-refractivity contribution in [3.63, 3.8) is 0 Å².